The van der Waals surface area contributed by atoms with Gasteiger partial charge in [-0.3, -0.25) is 9.59 Å². The monoisotopic (exact) mass is 1160 g/mol. The average molecular weight is 1160 g/mol. The highest BCUT2D eigenvalue weighted by molar-refractivity contribution is 8.76. The lowest BCUT2D eigenvalue weighted by atomic mass is 9.73. The van der Waals surface area contributed by atoms with Crippen LogP contribution in [-0.4, -0.2) is 85.0 Å². The van der Waals surface area contributed by atoms with Crippen LogP contribution in [0.2, 0.25) is 0 Å². The van der Waals surface area contributed by atoms with Gasteiger partial charge in [0, 0.05) is 77.8 Å². The van der Waals surface area contributed by atoms with Gasteiger partial charge in [0.15, 0.2) is 23.1 Å². The summed E-state index contributed by atoms with van der Waals surface area (Å²) in [6, 6.07) is 33.5. The highest BCUT2D eigenvalue weighted by Gasteiger charge is 2.44. The van der Waals surface area contributed by atoms with E-state index in [1.807, 2.05) is 30.3 Å². The molecule has 2 heterocycles. The van der Waals surface area contributed by atoms with Crippen LogP contribution in [0.1, 0.15) is 153 Å². The number of carbonyl (C=O) groups is 2. The molecule has 14 heteroatoms. The number of ether oxygens (including phenoxy) is 1. The summed E-state index contributed by atoms with van der Waals surface area (Å²) >= 11 is 0. The zero-order valence-corrected chi connectivity index (χ0v) is 48.8. The molecule has 83 heavy (non-hydrogen) atoms. The molecule has 8 atom stereocenters. The van der Waals surface area contributed by atoms with Crippen LogP contribution in [0.4, 0.5) is 0 Å². The van der Waals surface area contributed by atoms with Crippen molar-refractivity contribution >= 4 is 33.2 Å². The van der Waals surface area contributed by atoms with Crippen molar-refractivity contribution in [3.63, 3.8) is 0 Å². The van der Waals surface area contributed by atoms with E-state index in [1.165, 1.54) is 22.3 Å². The molecule has 12 nitrogen and oxygen atoms in total. The number of allylic oxidation sites excluding steroid dienone is 2. The van der Waals surface area contributed by atoms with Crippen LogP contribution in [0.3, 0.4) is 0 Å². The topological polar surface area (TPSA) is 233 Å². The van der Waals surface area contributed by atoms with Gasteiger partial charge in [-0.15, -0.1) is 0 Å². The maximum Gasteiger partial charge on any atom is 0.165 e. The molecule has 0 saturated heterocycles. The lowest BCUT2D eigenvalue weighted by Crippen LogP contribution is -2.27. The molecule has 6 aromatic rings. The van der Waals surface area contributed by atoms with Crippen molar-refractivity contribution in [3.05, 3.63) is 194 Å². The Morgan fingerprint density at radius 2 is 1.60 bits per heavy atom. The van der Waals surface area contributed by atoms with E-state index in [2.05, 4.69) is 65.4 Å². The number of Topliss-reactive ketones (excluding diaryl/α,β-unsaturated/α-hetero) is 1. The van der Waals surface area contributed by atoms with Gasteiger partial charge in [-0.2, -0.15) is 0 Å². The van der Waals surface area contributed by atoms with E-state index in [4.69, 9.17) is 16.2 Å². The first-order valence-electron chi connectivity index (χ1n) is 29.6. The molecule has 436 valence electrons. The summed E-state index contributed by atoms with van der Waals surface area (Å²) in [6.45, 7) is -0.105. The summed E-state index contributed by atoms with van der Waals surface area (Å²) in [4.78, 5) is 31.5. The molecule has 0 amide bonds. The maximum atomic E-state index is 14.4. The van der Waals surface area contributed by atoms with Crippen molar-refractivity contribution < 1.29 is 45.0 Å². The molecule has 5 aromatic carbocycles. The van der Waals surface area contributed by atoms with Crippen LogP contribution in [-0.2, 0) is 49.1 Å². The summed E-state index contributed by atoms with van der Waals surface area (Å²) < 4.78 is 6.21. The highest BCUT2D eigenvalue weighted by atomic mass is 33.1. The lowest BCUT2D eigenvalue weighted by Gasteiger charge is -2.33. The first kappa shape index (κ1) is 60.0. The Morgan fingerprint density at radius 3 is 2.41 bits per heavy atom. The van der Waals surface area contributed by atoms with Crippen molar-refractivity contribution in [2.24, 2.45) is 34.6 Å². The molecule has 0 radical (unpaired) electrons. The average Bonchev–Trinajstić information content (AvgIpc) is 4.26. The van der Waals surface area contributed by atoms with Crippen LogP contribution in [0.25, 0.3) is 0 Å². The summed E-state index contributed by atoms with van der Waals surface area (Å²) in [6.07, 6.45) is 11.7. The standard InChI is InChI=1S/C69H79N3O9S2/c70-68(71)59-34-49-7-4-8-62-57(23-27-72-62)65(79)36-60-58(49)35-52(59)41-82-83-42-53-37-69(38-66(53)80,26-22-54(75)17-11-45-14-20-64(78)67(31-45)81-28-24-46-13-19-63(77)61(60)30-46)25-21-48(33-55(76)40-74)47-15-16-50(39-73)56-18-12-44(29-51(56)32-47)10-9-43-5-2-1-3-6-43/h1-3,5-6,12-14,18-20,22-23,26-27,29-31,34-35,47-48,50,53,55,60,66,68,72-74,76-78,80H,8-11,15-17,21,24-25,28,32-33,36-42,70-71H2. The third-order valence-corrected chi connectivity index (χ3v) is 20.6. The van der Waals surface area contributed by atoms with Gasteiger partial charge in [0.1, 0.15) is 5.75 Å². The predicted octanol–water partition coefficient (Wildman–Crippen LogP) is 10.6. The molecule has 10 rings (SSSR count). The third-order valence-electron chi connectivity index (χ3n) is 18.1. The highest BCUT2D eigenvalue weighted by Crippen LogP contribution is 2.51. The third kappa shape index (κ3) is 14.9. The van der Waals surface area contributed by atoms with Gasteiger partial charge in [0.2, 0.25) is 0 Å². The predicted molar refractivity (Wildman–Crippen MR) is 330 cm³/mol. The number of phenolic OH excluding ortho intramolecular Hbond substituents is 2. The molecule has 8 bridgehead atoms. The summed E-state index contributed by atoms with van der Waals surface area (Å²) in [5.74, 6) is 7.41. The number of aliphatic hydroxyl groups is 4. The second-order valence-electron chi connectivity index (χ2n) is 23.7. The van der Waals surface area contributed by atoms with Crippen LogP contribution < -0.4 is 16.2 Å². The van der Waals surface area contributed by atoms with Crippen LogP contribution in [0.5, 0.6) is 17.2 Å². The van der Waals surface area contributed by atoms with Gasteiger partial charge in [0.05, 0.1) is 38.0 Å². The number of nitrogens with one attached hydrogen (secondary N) is 1. The van der Waals surface area contributed by atoms with Crippen LogP contribution in [0.15, 0.2) is 121 Å². The fraction of sp³-hybridized carbons (Fsp3) is 0.420. The maximum absolute atomic E-state index is 14.4. The summed E-state index contributed by atoms with van der Waals surface area (Å²) in [5.41, 5.74) is 24.1. The minimum absolute atomic E-state index is 0.00119. The summed E-state index contributed by atoms with van der Waals surface area (Å²) in [7, 11) is 3.30. The Bertz CT molecular complexity index is 3330. The number of aromatic amines is 1. The lowest BCUT2D eigenvalue weighted by molar-refractivity contribution is -0.114. The first-order valence-corrected chi connectivity index (χ1v) is 32.1. The number of hydrogen-bond donors (Lipinski definition) is 9. The van der Waals surface area contributed by atoms with Crippen molar-refractivity contribution in [1.29, 1.82) is 0 Å². The number of aromatic hydroxyl groups is 2. The van der Waals surface area contributed by atoms with E-state index in [0.717, 1.165) is 65.6 Å². The number of aryl methyl sites for hydroxylation is 3. The van der Waals surface area contributed by atoms with E-state index in [0.29, 0.717) is 85.3 Å². The number of carbonyl (C=O) groups excluding carboxylic acids is 2. The van der Waals surface area contributed by atoms with Crippen molar-refractivity contribution in [3.8, 4) is 29.1 Å². The minimum atomic E-state index is -0.908. The normalized spacial score (nSPS) is 23.0. The van der Waals surface area contributed by atoms with Crippen molar-refractivity contribution in [1.82, 2.24) is 4.98 Å². The quantitative estimate of drug-likeness (QED) is 0.0241. The number of hydrogen-bond acceptors (Lipinski definition) is 13. The molecular weight excluding hydrogens is 1080 g/mol. The van der Waals surface area contributed by atoms with Gasteiger partial charge >= 0.3 is 0 Å². The van der Waals surface area contributed by atoms with Gasteiger partial charge in [0.25, 0.3) is 0 Å². The van der Waals surface area contributed by atoms with Crippen molar-refractivity contribution in [2.45, 2.75) is 132 Å². The summed E-state index contributed by atoms with van der Waals surface area (Å²) in [5, 5.41) is 66.9. The Balaban J connectivity index is 0.949. The van der Waals surface area contributed by atoms with E-state index < -0.39 is 29.7 Å². The molecule has 8 unspecified atom stereocenters. The Hall–Kier alpha value is -6.12. The van der Waals surface area contributed by atoms with E-state index in [9.17, 15) is 40.2 Å². The smallest absolute Gasteiger partial charge is 0.165 e. The Labute approximate surface area is 496 Å². The van der Waals surface area contributed by atoms with E-state index in [1.54, 1.807) is 64.2 Å². The largest absolute Gasteiger partial charge is 0.508 e. The molecule has 1 saturated carbocycles. The number of benzene rings is 5. The second-order valence-corrected chi connectivity index (χ2v) is 26.2. The Kier molecular flexibility index (Phi) is 20.0. The van der Waals surface area contributed by atoms with Gasteiger partial charge in [-0.1, -0.05) is 112 Å². The van der Waals surface area contributed by atoms with Gasteiger partial charge in [-0.25, -0.2) is 0 Å². The van der Waals surface area contributed by atoms with Gasteiger partial charge < -0.3 is 51.8 Å². The zero-order chi connectivity index (χ0) is 58.0. The first-order chi connectivity index (χ1) is 40.2. The number of aromatic nitrogens is 1. The van der Waals surface area contributed by atoms with E-state index in [-0.39, 0.29) is 79.4 Å². The molecular formula is C69H79N3O9S2. The molecule has 3 aliphatic carbocycles. The number of aliphatic hydroxyl groups excluding tert-OH is 4. The fourth-order valence-corrected chi connectivity index (χ4v) is 16.0. The number of rotatable bonds is 12. The molecule has 1 fully saturated rings. The zero-order valence-electron chi connectivity index (χ0n) is 47.2. The number of phenols is 2. The van der Waals surface area contributed by atoms with Gasteiger partial charge in [-0.05, 0) is 180 Å². The Morgan fingerprint density at radius 1 is 0.795 bits per heavy atom. The van der Waals surface area contributed by atoms with Crippen molar-refractivity contribution in [2.75, 3.05) is 25.6 Å². The molecule has 1 aliphatic heterocycles. The van der Waals surface area contributed by atoms with Crippen LogP contribution >= 0.6 is 21.6 Å². The number of ketones is 2. The molecule has 11 N–H and O–H groups in total. The molecule has 4 aliphatic rings. The number of nitrogens with two attached hydrogens (primary N) is 2. The SMILES string of the molecule is NC(N)c1cc2c3cc1CSSCC1CC(CCC(CC(O)CO)C4CCC(CO)c5ccc(CCc6ccccc6)cc5C4)(C=CC(=O)CCc4ccc(O)c(c4)OCCc4ccc(O)c(c4)C3CC(=O)c3cc[nH]c3CC#C2)CC1O. The molecule has 1 aromatic heterocycles. The number of H-pyrrole nitrogens is 1. The molecule has 0 spiro atoms. The fourth-order valence-electron chi connectivity index (χ4n) is 13.5. The minimum Gasteiger partial charge on any atom is -0.508 e. The second kappa shape index (κ2) is 27.7. The number of fused-ring (bicyclic) bond motifs is 10. The van der Waals surface area contributed by atoms with E-state index >= 15 is 0 Å². The van der Waals surface area contributed by atoms with Crippen LogP contribution in [0, 0.1) is 35.0 Å².